The molecule has 0 fully saturated rings. The summed E-state index contributed by atoms with van der Waals surface area (Å²) in [6, 6.07) is 26.8. The van der Waals surface area contributed by atoms with E-state index in [1.165, 1.54) is 10.4 Å². The van der Waals surface area contributed by atoms with Crippen LogP contribution in [0.15, 0.2) is 113 Å². The van der Waals surface area contributed by atoms with E-state index in [9.17, 15) is 13.2 Å². The molecule has 0 radical (unpaired) electrons. The molecule has 38 heavy (non-hydrogen) atoms. The molecule has 0 atom stereocenters. The van der Waals surface area contributed by atoms with E-state index in [0.717, 1.165) is 16.4 Å². The molecule has 0 aliphatic carbocycles. The van der Waals surface area contributed by atoms with Crippen molar-refractivity contribution in [2.24, 2.45) is 0 Å². The van der Waals surface area contributed by atoms with Crippen LogP contribution in [0.3, 0.4) is 0 Å². The van der Waals surface area contributed by atoms with Crippen molar-refractivity contribution in [3.05, 3.63) is 125 Å². The molecule has 0 unspecified atom stereocenters. The molecular weight excluding hydrogens is 520 g/mol. The summed E-state index contributed by atoms with van der Waals surface area (Å²) in [4.78, 5) is 13.5. The normalized spacial score (nSPS) is 14.5. The molecule has 0 spiro atoms. The van der Waals surface area contributed by atoms with Crippen LogP contribution < -0.4 is 9.62 Å². The first-order valence-electron chi connectivity index (χ1n) is 11.8. The van der Waals surface area contributed by atoms with Crippen LogP contribution in [-0.4, -0.2) is 20.9 Å². The highest BCUT2D eigenvalue weighted by Crippen LogP contribution is 2.44. The molecule has 188 valence electrons. The summed E-state index contributed by atoms with van der Waals surface area (Å²) >= 11 is 6.35. The Bertz CT molecular complexity index is 1890. The molecule has 1 aliphatic rings. The van der Waals surface area contributed by atoms with Gasteiger partial charge in [-0.1, -0.05) is 66.2 Å². The minimum atomic E-state index is -4.27. The van der Waals surface area contributed by atoms with Crippen molar-refractivity contribution in [3.8, 4) is 0 Å². The number of amides is 1. The van der Waals surface area contributed by atoms with Gasteiger partial charge in [0.05, 0.1) is 12.2 Å². The Kier molecular flexibility index (Phi) is 5.82. The zero-order valence-electron chi connectivity index (χ0n) is 20.0. The maximum absolute atomic E-state index is 14.0. The van der Waals surface area contributed by atoms with Gasteiger partial charge in [-0.25, -0.2) is 8.42 Å². The van der Waals surface area contributed by atoms with Crippen molar-refractivity contribution >= 4 is 66.4 Å². The number of anilines is 2. The molecule has 1 amide bonds. The number of sulfonamides is 1. The molecule has 1 aromatic heterocycles. The first-order chi connectivity index (χ1) is 18.4. The lowest BCUT2D eigenvalue weighted by Crippen LogP contribution is -2.39. The molecule has 8 heteroatoms. The standard InChI is InChI=1S/C30H21ClN2O4S/c1-2-16-33-25-15-12-20(31)17-24(25)28(19-8-4-3-5-9-19)29(38(33,35)36)30(34)32-21-13-14-23-22-10-6-7-11-26(22)37-27(23)18-21/h2-15,17-18H,1,16H2,(H,32,34). The first-order valence-corrected chi connectivity index (χ1v) is 13.7. The molecule has 2 heterocycles. The van der Waals surface area contributed by atoms with Gasteiger partial charge in [0.25, 0.3) is 15.9 Å². The van der Waals surface area contributed by atoms with E-state index >= 15 is 0 Å². The van der Waals surface area contributed by atoms with Crippen molar-refractivity contribution in [2.75, 3.05) is 16.2 Å². The molecular formula is C30H21ClN2O4S. The van der Waals surface area contributed by atoms with Gasteiger partial charge in [-0.05, 0) is 42.0 Å². The van der Waals surface area contributed by atoms with Gasteiger partial charge < -0.3 is 9.73 Å². The lowest BCUT2D eigenvalue weighted by molar-refractivity contribution is -0.112. The summed E-state index contributed by atoms with van der Waals surface area (Å²) in [6.45, 7) is 3.70. The topological polar surface area (TPSA) is 79.6 Å². The number of furan rings is 1. The maximum Gasteiger partial charge on any atom is 0.270 e. The summed E-state index contributed by atoms with van der Waals surface area (Å²) in [5.74, 6) is -0.765. The van der Waals surface area contributed by atoms with Gasteiger partial charge in [-0.15, -0.1) is 6.58 Å². The number of rotatable bonds is 5. The molecule has 6 rings (SSSR count). The summed E-state index contributed by atoms with van der Waals surface area (Å²) in [5, 5.41) is 5.06. The molecule has 0 saturated heterocycles. The van der Waals surface area contributed by atoms with Gasteiger partial charge >= 0.3 is 0 Å². The first kappa shape index (κ1) is 24.0. The third-order valence-electron chi connectivity index (χ3n) is 6.47. The van der Waals surface area contributed by atoms with E-state index in [1.807, 2.05) is 36.4 Å². The summed E-state index contributed by atoms with van der Waals surface area (Å²) in [6.07, 6.45) is 1.48. The van der Waals surface area contributed by atoms with Crippen molar-refractivity contribution < 1.29 is 17.6 Å². The van der Waals surface area contributed by atoms with Crippen molar-refractivity contribution in [1.82, 2.24) is 0 Å². The summed E-state index contributed by atoms with van der Waals surface area (Å²) < 4.78 is 35.1. The second-order valence-electron chi connectivity index (χ2n) is 8.82. The van der Waals surface area contributed by atoms with Crippen LogP contribution in [0.2, 0.25) is 5.02 Å². The largest absolute Gasteiger partial charge is 0.456 e. The minimum Gasteiger partial charge on any atom is -0.456 e. The summed E-state index contributed by atoms with van der Waals surface area (Å²) in [7, 11) is -4.27. The van der Waals surface area contributed by atoms with Gasteiger partial charge in [0.2, 0.25) is 0 Å². The Hall–Kier alpha value is -4.33. The van der Waals surface area contributed by atoms with Crippen LogP contribution in [0.4, 0.5) is 11.4 Å². The minimum absolute atomic E-state index is 0.0131. The fourth-order valence-electron chi connectivity index (χ4n) is 4.84. The smallest absolute Gasteiger partial charge is 0.270 e. The van der Waals surface area contributed by atoms with Crippen LogP contribution in [0.1, 0.15) is 11.1 Å². The number of para-hydroxylation sites is 1. The van der Waals surface area contributed by atoms with E-state index in [1.54, 1.807) is 54.6 Å². The quantitative estimate of drug-likeness (QED) is 0.244. The average molecular weight is 541 g/mol. The molecule has 0 saturated carbocycles. The number of nitrogens with zero attached hydrogens (tertiary/aromatic N) is 1. The van der Waals surface area contributed by atoms with Crippen LogP contribution in [-0.2, 0) is 14.8 Å². The van der Waals surface area contributed by atoms with Crippen molar-refractivity contribution in [3.63, 3.8) is 0 Å². The van der Waals surface area contributed by atoms with Gasteiger partial charge in [0.15, 0.2) is 4.91 Å². The monoisotopic (exact) mass is 540 g/mol. The predicted molar refractivity (Wildman–Crippen MR) is 153 cm³/mol. The van der Waals surface area contributed by atoms with Gasteiger partial charge in [-0.2, -0.15) is 0 Å². The van der Waals surface area contributed by atoms with Crippen molar-refractivity contribution in [2.45, 2.75) is 0 Å². The van der Waals surface area contributed by atoms with E-state index in [2.05, 4.69) is 11.9 Å². The Morgan fingerprint density at radius 2 is 1.66 bits per heavy atom. The van der Waals surface area contributed by atoms with E-state index in [0.29, 0.717) is 33.1 Å². The Morgan fingerprint density at radius 1 is 0.921 bits per heavy atom. The highest BCUT2D eigenvalue weighted by molar-refractivity contribution is 7.97. The van der Waals surface area contributed by atoms with Crippen molar-refractivity contribution in [1.29, 1.82) is 0 Å². The van der Waals surface area contributed by atoms with E-state index in [4.69, 9.17) is 16.0 Å². The number of fused-ring (bicyclic) bond motifs is 4. The van der Waals surface area contributed by atoms with Gasteiger partial charge in [0, 0.05) is 38.7 Å². The van der Waals surface area contributed by atoms with Gasteiger partial charge in [0.1, 0.15) is 11.2 Å². The van der Waals surface area contributed by atoms with E-state index in [-0.39, 0.29) is 17.0 Å². The van der Waals surface area contributed by atoms with Gasteiger partial charge in [-0.3, -0.25) is 9.10 Å². The molecule has 1 N–H and O–H groups in total. The Morgan fingerprint density at radius 3 is 2.45 bits per heavy atom. The number of carbonyl (C=O) groups excluding carboxylic acids is 1. The second kappa shape index (κ2) is 9.20. The Balaban J connectivity index is 1.54. The maximum atomic E-state index is 14.0. The third kappa shape index (κ3) is 3.88. The Labute approximate surface area is 224 Å². The highest BCUT2D eigenvalue weighted by Gasteiger charge is 2.41. The molecule has 6 nitrogen and oxygen atoms in total. The average Bonchev–Trinajstić information content (AvgIpc) is 3.28. The van der Waals surface area contributed by atoms with Crippen LogP contribution in [0.25, 0.3) is 27.5 Å². The third-order valence-corrected chi connectivity index (χ3v) is 8.54. The fraction of sp³-hybridized carbons (Fsp3) is 0.0333. The number of hydrogen-bond donors (Lipinski definition) is 1. The molecule has 0 bridgehead atoms. The summed E-state index contributed by atoms with van der Waals surface area (Å²) in [5.41, 5.74) is 3.54. The fourth-order valence-corrected chi connectivity index (χ4v) is 6.73. The van der Waals surface area contributed by atoms with E-state index < -0.39 is 15.9 Å². The number of carbonyl (C=O) groups is 1. The lowest BCUT2D eigenvalue weighted by atomic mass is 9.95. The molecule has 5 aromatic rings. The number of benzene rings is 4. The molecule has 1 aliphatic heterocycles. The zero-order chi connectivity index (χ0) is 26.4. The lowest BCUT2D eigenvalue weighted by Gasteiger charge is -2.33. The SMILES string of the molecule is C=CCN1c2ccc(Cl)cc2C(c2ccccc2)=C(C(=O)Nc2ccc3c(c2)oc2ccccc23)S1(=O)=O. The van der Waals surface area contributed by atoms with Crippen LogP contribution in [0, 0.1) is 0 Å². The van der Waals surface area contributed by atoms with Crippen LogP contribution in [0.5, 0.6) is 0 Å². The number of nitrogens with one attached hydrogen (secondary N) is 1. The molecule has 4 aromatic carbocycles. The number of halogens is 1. The highest BCUT2D eigenvalue weighted by atomic mass is 35.5. The number of hydrogen-bond acceptors (Lipinski definition) is 4. The predicted octanol–water partition coefficient (Wildman–Crippen LogP) is 6.97. The second-order valence-corrected chi connectivity index (χ2v) is 11.1. The van der Waals surface area contributed by atoms with Crippen LogP contribution >= 0.6 is 11.6 Å². The zero-order valence-corrected chi connectivity index (χ0v) is 21.6.